The molecule has 12 heteroatoms. The van der Waals surface area contributed by atoms with Crippen LogP contribution < -0.4 is 10.1 Å². The number of fused-ring (bicyclic) bond motifs is 1. The van der Waals surface area contributed by atoms with E-state index in [-0.39, 0.29) is 35.1 Å². The van der Waals surface area contributed by atoms with Crippen LogP contribution in [-0.4, -0.2) is 73.2 Å². The van der Waals surface area contributed by atoms with Crippen LogP contribution in [0.1, 0.15) is 107 Å². The SMILES string of the molecule is COc1ccc(S(=O)(=O)N(CC(C)C)C[C@H]2OC(C)(C)N(C(=O)OC(C)(C)C)[C@H]2Cc2ccc(NCc3sc4c(c3C(C)=O)CC(C)(C)CC4)cc2)cc1. The van der Waals surface area contributed by atoms with Gasteiger partial charge < -0.3 is 19.5 Å². The number of amides is 1. The van der Waals surface area contributed by atoms with Gasteiger partial charge in [-0.3, -0.25) is 9.69 Å². The molecule has 10 nitrogen and oxygen atoms in total. The van der Waals surface area contributed by atoms with Crippen LogP contribution in [0.4, 0.5) is 10.5 Å². The Morgan fingerprint density at radius 1 is 1.06 bits per heavy atom. The Hall–Kier alpha value is -3.45. The zero-order valence-corrected chi connectivity index (χ0v) is 35.5. The number of hydrogen-bond acceptors (Lipinski definition) is 9. The van der Waals surface area contributed by atoms with Crippen LogP contribution in [0.15, 0.2) is 53.4 Å². The van der Waals surface area contributed by atoms with Crippen LogP contribution >= 0.6 is 11.3 Å². The van der Waals surface area contributed by atoms with Crippen LogP contribution in [0.3, 0.4) is 0 Å². The number of carbonyl (C=O) groups is 2. The Morgan fingerprint density at radius 2 is 1.70 bits per heavy atom. The van der Waals surface area contributed by atoms with Gasteiger partial charge in [-0.15, -0.1) is 11.3 Å². The quantitative estimate of drug-likeness (QED) is 0.171. The molecule has 0 unspecified atom stereocenters. The summed E-state index contributed by atoms with van der Waals surface area (Å²) in [6, 6.07) is 13.9. The summed E-state index contributed by atoms with van der Waals surface area (Å²) >= 11 is 1.75. The number of thiophene rings is 1. The number of ketones is 1. The smallest absolute Gasteiger partial charge is 0.412 e. The first-order valence-corrected chi connectivity index (χ1v) is 21.2. The minimum absolute atomic E-state index is 0.0332. The topological polar surface area (TPSA) is 114 Å². The van der Waals surface area contributed by atoms with Crippen LogP contribution in [-0.2, 0) is 45.3 Å². The average Bonchev–Trinajstić information content (AvgIpc) is 3.54. The second-order valence-corrected chi connectivity index (χ2v) is 20.5. The van der Waals surface area contributed by atoms with Crippen LogP contribution in [0, 0.1) is 11.3 Å². The maximum atomic E-state index is 14.1. The van der Waals surface area contributed by atoms with Crippen LogP contribution in [0.5, 0.6) is 5.75 Å². The van der Waals surface area contributed by atoms with E-state index in [9.17, 15) is 18.0 Å². The van der Waals surface area contributed by atoms with E-state index in [1.165, 1.54) is 21.9 Å². The summed E-state index contributed by atoms with van der Waals surface area (Å²) in [5, 5.41) is 3.53. The Bertz CT molecular complexity index is 1910. The molecule has 54 heavy (non-hydrogen) atoms. The normalized spacial score (nSPS) is 19.5. The predicted octanol–water partition coefficient (Wildman–Crippen LogP) is 8.72. The van der Waals surface area contributed by atoms with Gasteiger partial charge in [-0.1, -0.05) is 39.8 Å². The first-order valence-electron chi connectivity index (χ1n) is 18.9. The fraction of sp³-hybridized carbons (Fsp3) is 0.571. The molecule has 0 radical (unpaired) electrons. The number of aryl methyl sites for hydroxylation is 1. The second kappa shape index (κ2) is 16.0. The van der Waals surface area contributed by atoms with E-state index in [4.69, 9.17) is 14.2 Å². The van der Waals surface area contributed by atoms with E-state index < -0.39 is 39.6 Å². The van der Waals surface area contributed by atoms with Crippen molar-refractivity contribution in [2.75, 3.05) is 25.5 Å². The number of carbonyl (C=O) groups excluding carboxylic acids is 2. The molecule has 2 aromatic carbocycles. The molecule has 5 rings (SSSR count). The molecule has 2 atom stereocenters. The van der Waals surface area contributed by atoms with Gasteiger partial charge in [0.05, 0.1) is 30.7 Å². The lowest BCUT2D eigenvalue weighted by Crippen LogP contribution is -2.52. The molecule has 0 spiro atoms. The number of methoxy groups -OCH3 is 1. The second-order valence-electron chi connectivity index (χ2n) is 17.4. The molecule has 1 fully saturated rings. The lowest BCUT2D eigenvalue weighted by Gasteiger charge is -2.35. The summed E-state index contributed by atoms with van der Waals surface area (Å²) in [5.41, 5.74) is 2.35. The average molecular weight is 782 g/mol. The van der Waals surface area contributed by atoms with E-state index in [2.05, 4.69) is 19.2 Å². The predicted molar refractivity (Wildman–Crippen MR) is 215 cm³/mol. The number of ether oxygens (including phenoxy) is 3. The van der Waals surface area contributed by atoms with Crippen molar-refractivity contribution in [3.63, 3.8) is 0 Å². The molecule has 1 saturated heterocycles. The number of anilines is 1. The number of rotatable bonds is 13. The summed E-state index contributed by atoms with van der Waals surface area (Å²) in [4.78, 5) is 30.9. The third kappa shape index (κ3) is 9.67. The molecular weight excluding hydrogens is 723 g/mol. The van der Waals surface area contributed by atoms with Crippen molar-refractivity contribution in [3.05, 3.63) is 75.0 Å². The number of nitrogens with one attached hydrogen (secondary N) is 1. The van der Waals surface area contributed by atoms with Crippen molar-refractivity contribution < 1.29 is 32.2 Å². The highest BCUT2D eigenvalue weighted by molar-refractivity contribution is 7.89. The summed E-state index contributed by atoms with van der Waals surface area (Å²) in [5.74, 6) is 0.715. The minimum atomic E-state index is -3.92. The van der Waals surface area contributed by atoms with Gasteiger partial charge >= 0.3 is 6.09 Å². The number of Topliss-reactive ketones (excluding diaryl/α,β-unsaturated/α-hetero) is 1. The summed E-state index contributed by atoms with van der Waals surface area (Å²) in [7, 11) is -2.39. The Labute approximate surface area is 326 Å². The first kappa shape index (κ1) is 41.7. The van der Waals surface area contributed by atoms with E-state index in [1.807, 2.05) is 72.7 Å². The highest BCUT2D eigenvalue weighted by Gasteiger charge is 2.52. The van der Waals surface area contributed by atoms with Gasteiger partial charge in [0.15, 0.2) is 5.78 Å². The number of sulfonamides is 1. The minimum Gasteiger partial charge on any atom is -0.497 e. The molecule has 2 heterocycles. The Balaban J connectivity index is 1.40. The zero-order valence-electron chi connectivity index (χ0n) is 33.9. The molecule has 1 aliphatic heterocycles. The molecule has 0 bridgehead atoms. The fourth-order valence-corrected chi connectivity index (χ4v) is 10.5. The van der Waals surface area contributed by atoms with Crippen LogP contribution in [0.2, 0.25) is 0 Å². The molecular formula is C42H59N3O7S2. The Morgan fingerprint density at radius 3 is 2.28 bits per heavy atom. The molecule has 1 aliphatic carbocycles. The first-order chi connectivity index (χ1) is 25.1. The molecule has 1 aromatic heterocycles. The maximum absolute atomic E-state index is 14.1. The number of nitrogens with zero attached hydrogens (tertiary/aromatic N) is 2. The van der Waals surface area contributed by atoms with Gasteiger partial charge in [0.2, 0.25) is 10.0 Å². The van der Waals surface area contributed by atoms with E-state index in [1.54, 1.807) is 47.4 Å². The standard InChI is InChI=1S/C42H59N3O7S2/c1-27(2)25-44(54(48,49)32-18-16-31(50-11)17-19-32)26-35-34(45(42(9,10)51-35)39(47)52-40(4,5)6)22-29-12-14-30(15-13-29)43-24-37-38(28(3)46)33-23-41(7,8)21-20-36(33)53-37/h12-19,27,34-35,43H,20-26H2,1-11H3/t34-,35+/m0/s1. The third-order valence-corrected chi connectivity index (χ3v) is 13.2. The van der Waals surface area contributed by atoms with E-state index in [0.29, 0.717) is 18.7 Å². The molecule has 1 N–H and O–H groups in total. The molecule has 0 saturated carbocycles. The summed E-state index contributed by atoms with van der Waals surface area (Å²) in [6.45, 7) is 20.1. The van der Waals surface area contributed by atoms with Crippen molar-refractivity contribution >= 4 is 38.9 Å². The van der Waals surface area contributed by atoms with Crippen LogP contribution in [0.25, 0.3) is 0 Å². The van der Waals surface area contributed by atoms with Crippen molar-refractivity contribution in [2.45, 2.75) is 130 Å². The lowest BCUT2D eigenvalue weighted by molar-refractivity contribution is -0.0807. The fourth-order valence-electron chi connectivity index (χ4n) is 7.59. The molecule has 2 aliphatic rings. The zero-order chi connectivity index (χ0) is 39.8. The van der Waals surface area contributed by atoms with Gasteiger partial charge in [-0.05, 0) is 126 Å². The van der Waals surface area contributed by atoms with Gasteiger partial charge in [0, 0.05) is 34.1 Å². The summed E-state index contributed by atoms with van der Waals surface area (Å²) < 4.78 is 47.5. The van der Waals surface area contributed by atoms with E-state index in [0.717, 1.165) is 41.0 Å². The molecule has 296 valence electrons. The molecule has 1 amide bonds. The van der Waals surface area contributed by atoms with E-state index >= 15 is 0 Å². The monoisotopic (exact) mass is 781 g/mol. The number of benzene rings is 2. The van der Waals surface area contributed by atoms with Gasteiger partial charge in [-0.25, -0.2) is 13.2 Å². The van der Waals surface area contributed by atoms with Gasteiger partial charge in [0.25, 0.3) is 0 Å². The van der Waals surface area contributed by atoms with Gasteiger partial charge in [0.1, 0.15) is 17.1 Å². The number of hydrogen-bond donors (Lipinski definition) is 1. The molecule has 3 aromatic rings. The summed E-state index contributed by atoms with van der Waals surface area (Å²) in [6.07, 6.45) is 2.29. The largest absolute Gasteiger partial charge is 0.497 e. The van der Waals surface area contributed by atoms with Gasteiger partial charge in [-0.2, -0.15) is 4.31 Å². The van der Waals surface area contributed by atoms with Crippen molar-refractivity contribution in [3.8, 4) is 5.75 Å². The highest BCUT2D eigenvalue weighted by atomic mass is 32.2. The third-order valence-electron chi connectivity index (χ3n) is 10.1. The lowest BCUT2D eigenvalue weighted by atomic mass is 9.75. The van der Waals surface area contributed by atoms with Crippen molar-refractivity contribution in [1.29, 1.82) is 0 Å². The Kier molecular flexibility index (Phi) is 12.3. The maximum Gasteiger partial charge on any atom is 0.412 e. The van der Waals surface area contributed by atoms with Crippen molar-refractivity contribution in [1.82, 2.24) is 9.21 Å². The highest BCUT2D eigenvalue weighted by Crippen LogP contribution is 2.42. The van der Waals surface area contributed by atoms with Crippen molar-refractivity contribution in [2.24, 2.45) is 11.3 Å².